The van der Waals surface area contributed by atoms with Gasteiger partial charge in [0.2, 0.25) is 11.8 Å². The number of hydrogen-bond donors (Lipinski definition) is 2. The third-order valence-corrected chi connectivity index (χ3v) is 4.14. The monoisotopic (exact) mass is 361 g/mol. The molecule has 1 aromatic heterocycles. The van der Waals surface area contributed by atoms with Crippen LogP contribution >= 0.6 is 0 Å². The lowest BCUT2D eigenvalue weighted by Gasteiger charge is -2.10. The summed E-state index contributed by atoms with van der Waals surface area (Å²) in [7, 11) is 0. The Kier molecular flexibility index (Phi) is 5.71. The molecule has 27 heavy (non-hydrogen) atoms. The smallest absolute Gasteiger partial charge is 0.228 e. The lowest BCUT2D eigenvalue weighted by atomic mass is 10.1. The maximum absolute atomic E-state index is 12.3. The fraction of sp³-hybridized carbons (Fsp3) is 0.182. The standard InChI is InChI=1S/C22H23N3O2/c1-16(2)22(27)24-19-7-5-6-18(15-19)23-21(26)14-17-8-10-20(11-9-17)25-12-3-4-13-25/h3-13,15-16H,14H2,1-2H3,(H,23,26)(H,24,27). The summed E-state index contributed by atoms with van der Waals surface area (Å²) in [6.07, 6.45) is 4.24. The largest absolute Gasteiger partial charge is 0.326 e. The molecule has 0 radical (unpaired) electrons. The van der Waals surface area contributed by atoms with E-state index in [0.717, 1.165) is 11.3 Å². The van der Waals surface area contributed by atoms with Crippen LogP contribution in [-0.4, -0.2) is 16.4 Å². The first-order valence-electron chi connectivity index (χ1n) is 8.94. The van der Waals surface area contributed by atoms with Gasteiger partial charge in [0.05, 0.1) is 6.42 Å². The minimum absolute atomic E-state index is 0.0544. The van der Waals surface area contributed by atoms with E-state index in [2.05, 4.69) is 10.6 Å². The Morgan fingerprint density at radius 2 is 1.52 bits per heavy atom. The van der Waals surface area contributed by atoms with Crippen LogP contribution < -0.4 is 10.6 Å². The average Bonchev–Trinajstić information content (AvgIpc) is 3.17. The molecule has 0 bridgehead atoms. The number of anilines is 2. The Morgan fingerprint density at radius 3 is 2.15 bits per heavy atom. The Labute approximate surface area is 159 Å². The van der Waals surface area contributed by atoms with Crippen molar-refractivity contribution in [2.24, 2.45) is 5.92 Å². The molecular formula is C22H23N3O2. The summed E-state index contributed by atoms with van der Waals surface area (Å²) < 4.78 is 2.01. The van der Waals surface area contributed by atoms with Crippen LogP contribution in [-0.2, 0) is 16.0 Å². The normalized spacial score (nSPS) is 10.6. The van der Waals surface area contributed by atoms with Gasteiger partial charge in [-0.25, -0.2) is 0 Å². The van der Waals surface area contributed by atoms with Crippen LogP contribution in [0.15, 0.2) is 73.1 Å². The highest BCUT2D eigenvalue weighted by Crippen LogP contribution is 2.17. The second-order valence-electron chi connectivity index (χ2n) is 6.71. The van der Waals surface area contributed by atoms with E-state index in [1.165, 1.54) is 0 Å². The first-order chi connectivity index (χ1) is 13.0. The highest BCUT2D eigenvalue weighted by atomic mass is 16.2. The SMILES string of the molecule is CC(C)C(=O)Nc1cccc(NC(=O)Cc2ccc(-n3cccc3)cc2)c1. The lowest BCUT2D eigenvalue weighted by molar-refractivity contribution is -0.119. The van der Waals surface area contributed by atoms with Crippen molar-refractivity contribution in [3.05, 3.63) is 78.6 Å². The molecule has 0 aliphatic rings. The maximum Gasteiger partial charge on any atom is 0.228 e. The first kappa shape index (κ1) is 18.5. The average molecular weight is 361 g/mol. The summed E-state index contributed by atoms with van der Waals surface area (Å²) in [5.74, 6) is -0.255. The minimum atomic E-state index is -0.101. The van der Waals surface area contributed by atoms with E-state index >= 15 is 0 Å². The second kappa shape index (κ2) is 8.36. The molecule has 0 fully saturated rings. The predicted molar refractivity (Wildman–Crippen MR) is 108 cm³/mol. The molecule has 0 saturated heterocycles. The van der Waals surface area contributed by atoms with Gasteiger partial charge in [-0.1, -0.05) is 32.0 Å². The van der Waals surface area contributed by atoms with E-state index in [-0.39, 0.29) is 24.2 Å². The number of nitrogens with zero attached hydrogens (tertiary/aromatic N) is 1. The fourth-order valence-corrected chi connectivity index (χ4v) is 2.64. The number of nitrogens with one attached hydrogen (secondary N) is 2. The Morgan fingerprint density at radius 1 is 0.889 bits per heavy atom. The molecule has 0 spiro atoms. The van der Waals surface area contributed by atoms with Gasteiger partial charge in [-0.2, -0.15) is 0 Å². The van der Waals surface area contributed by atoms with Crippen molar-refractivity contribution in [3.63, 3.8) is 0 Å². The van der Waals surface area contributed by atoms with Gasteiger partial charge in [0, 0.05) is 35.4 Å². The van der Waals surface area contributed by atoms with Crippen molar-refractivity contribution in [2.45, 2.75) is 20.3 Å². The molecular weight excluding hydrogens is 338 g/mol. The number of aromatic nitrogens is 1. The van der Waals surface area contributed by atoms with E-state index in [1.54, 1.807) is 24.3 Å². The predicted octanol–water partition coefficient (Wildman–Crippen LogP) is 4.25. The molecule has 2 amide bonds. The fourth-order valence-electron chi connectivity index (χ4n) is 2.64. The number of benzene rings is 2. The third kappa shape index (κ3) is 5.07. The summed E-state index contributed by atoms with van der Waals surface area (Å²) in [5, 5.41) is 5.71. The summed E-state index contributed by atoms with van der Waals surface area (Å²) in [6.45, 7) is 3.67. The number of rotatable bonds is 6. The number of hydrogen-bond acceptors (Lipinski definition) is 2. The Hall–Kier alpha value is -3.34. The van der Waals surface area contributed by atoms with Crippen LogP contribution in [0.5, 0.6) is 0 Å². The van der Waals surface area contributed by atoms with Crippen molar-refractivity contribution in [1.82, 2.24) is 4.57 Å². The molecule has 0 saturated carbocycles. The third-order valence-electron chi connectivity index (χ3n) is 4.14. The van der Waals surface area contributed by atoms with E-state index < -0.39 is 0 Å². The molecule has 2 aromatic carbocycles. The van der Waals surface area contributed by atoms with Gasteiger partial charge in [-0.05, 0) is 48.0 Å². The molecule has 5 heteroatoms. The van der Waals surface area contributed by atoms with Crippen molar-refractivity contribution >= 4 is 23.2 Å². The highest BCUT2D eigenvalue weighted by Gasteiger charge is 2.09. The molecule has 1 heterocycles. The molecule has 0 aliphatic heterocycles. The second-order valence-corrected chi connectivity index (χ2v) is 6.71. The van der Waals surface area contributed by atoms with Crippen molar-refractivity contribution in [1.29, 1.82) is 0 Å². The highest BCUT2D eigenvalue weighted by molar-refractivity contribution is 5.95. The molecule has 5 nitrogen and oxygen atoms in total. The van der Waals surface area contributed by atoms with Gasteiger partial charge in [0.1, 0.15) is 0 Å². The van der Waals surface area contributed by atoms with Gasteiger partial charge in [-0.3, -0.25) is 9.59 Å². The van der Waals surface area contributed by atoms with E-state index in [0.29, 0.717) is 11.4 Å². The van der Waals surface area contributed by atoms with Crippen LogP contribution in [0.1, 0.15) is 19.4 Å². The van der Waals surface area contributed by atoms with Gasteiger partial charge in [-0.15, -0.1) is 0 Å². The number of carbonyl (C=O) groups excluding carboxylic acids is 2. The molecule has 0 unspecified atom stereocenters. The van der Waals surface area contributed by atoms with E-state index in [1.807, 2.05) is 67.2 Å². The summed E-state index contributed by atoms with van der Waals surface area (Å²) in [6, 6.07) is 19.0. The number of amides is 2. The van der Waals surface area contributed by atoms with Gasteiger partial charge in [0.25, 0.3) is 0 Å². The topological polar surface area (TPSA) is 63.1 Å². The van der Waals surface area contributed by atoms with Gasteiger partial charge in [0.15, 0.2) is 0 Å². The van der Waals surface area contributed by atoms with Crippen LogP contribution in [0.3, 0.4) is 0 Å². The quantitative estimate of drug-likeness (QED) is 0.689. The zero-order valence-electron chi connectivity index (χ0n) is 15.5. The lowest BCUT2D eigenvalue weighted by Crippen LogP contribution is -2.18. The Balaban J connectivity index is 1.60. The number of carbonyl (C=O) groups is 2. The van der Waals surface area contributed by atoms with E-state index in [4.69, 9.17) is 0 Å². The first-order valence-corrected chi connectivity index (χ1v) is 8.94. The van der Waals surface area contributed by atoms with Crippen LogP contribution in [0.4, 0.5) is 11.4 Å². The molecule has 2 N–H and O–H groups in total. The molecule has 3 rings (SSSR count). The minimum Gasteiger partial charge on any atom is -0.326 e. The molecule has 138 valence electrons. The molecule has 3 aromatic rings. The van der Waals surface area contributed by atoms with Crippen LogP contribution in [0.2, 0.25) is 0 Å². The zero-order valence-corrected chi connectivity index (χ0v) is 15.5. The van der Waals surface area contributed by atoms with Gasteiger partial charge < -0.3 is 15.2 Å². The van der Waals surface area contributed by atoms with Crippen molar-refractivity contribution in [2.75, 3.05) is 10.6 Å². The van der Waals surface area contributed by atoms with Gasteiger partial charge >= 0.3 is 0 Å². The van der Waals surface area contributed by atoms with Crippen LogP contribution in [0, 0.1) is 5.92 Å². The van der Waals surface area contributed by atoms with Crippen LogP contribution in [0.25, 0.3) is 5.69 Å². The van der Waals surface area contributed by atoms with Crippen molar-refractivity contribution in [3.8, 4) is 5.69 Å². The Bertz CT molecular complexity index is 913. The van der Waals surface area contributed by atoms with E-state index in [9.17, 15) is 9.59 Å². The molecule has 0 aliphatic carbocycles. The summed E-state index contributed by atoms with van der Waals surface area (Å²) >= 11 is 0. The zero-order chi connectivity index (χ0) is 19.2. The summed E-state index contributed by atoms with van der Waals surface area (Å²) in [4.78, 5) is 24.1. The maximum atomic E-state index is 12.3. The summed E-state index contributed by atoms with van der Waals surface area (Å²) in [5.41, 5.74) is 3.32. The molecule has 0 atom stereocenters. The van der Waals surface area contributed by atoms with Crippen molar-refractivity contribution < 1.29 is 9.59 Å².